The van der Waals surface area contributed by atoms with Crippen LogP contribution in [0.15, 0.2) is 10.9 Å². The Bertz CT molecular complexity index is 448. The van der Waals surface area contributed by atoms with Gasteiger partial charge in [0.15, 0.2) is 0 Å². The zero-order chi connectivity index (χ0) is 12.4. The Morgan fingerprint density at radius 2 is 2.24 bits per heavy atom. The number of hydrogen-bond acceptors (Lipinski definition) is 3. The van der Waals surface area contributed by atoms with Crippen LogP contribution in [-0.4, -0.2) is 22.1 Å². The minimum absolute atomic E-state index is 0.0517. The molecule has 2 rings (SSSR count). The Morgan fingerprint density at radius 1 is 1.53 bits per heavy atom. The highest BCUT2D eigenvalue weighted by Gasteiger charge is 2.27. The van der Waals surface area contributed by atoms with E-state index in [4.69, 9.17) is 0 Å². The molecule has 1 heterocycles. The molecule has 1 unspecified atom stereocenters. The smallest absolute Gasteiger partial charge is 0.253 e. The monoisotopic (exact) mass is 235 g/mol. The van der Waals surface area contributed by atoms with Gasteiger partial charge in [0.1, 0.15) is 5.82 Å². The van der Waals surface area contributed by atoms with E-state index in [-0.39, 0.29) is 5.56 Å². The predicted octanol–water partition coefficient (Wildman–Crippen LogP) is 1.25. The van der Waals surface area contributed by atoms with Gasteiger partial charge < -0.3 is 5.32 Å². The van der Waals surface area contributed by atoms with Gasteiger partial charge in [-0.3, -0.25) is 9.36 Å². The fourth-order valence-electron chi connectivity index (χ4n) is 2.20. The fourth-order valence-corrected chi connectivity index (χ4v) is 2.20. The number of rotatable bonds is 5. The van der Waals surface area contributed by atoms with Crippen LogP contribution < -0.4 is 10.9 Å². The van der Waals surface area contributed by atoms with Crippen molar-refractivity contribution in [3.63, 3.8) is 0 Å². The van der Waals surface area contributed by atoms with Crippen molar-refractivity contribution >= 4 is 0 Å². The Hall–Kier alpha value is -1.16. The quantitative estimate of drug-likeness (QED) is 0.835. The van der Waals surface area contributed by atoms with Gasteiger partial charge in [-0.2, -0.15) is 0 Å². The van der Waals surface area contributed by atoms with Crippen molar-refractivity contribution < 1.29 is 0 Å². The van der Waals surface area contributed by atoms with Gasteiger partial charge in [0, 0.05) is 30.9 Å². The molecule has 4 nitrogen and oxygen atoms in total. The van der Waals surface area contributed by atoms with Crippen LogP contribution in [-0.2, 0) is 6.54 Å². The Labute approximate surface area is 102 Å². The number of aryl methyl sites for hydroxylation is 2. The topological polar surface area (TPSA) is 46.9 Å². The van der Waals surface area contributed by atoms with E-state index in [1.807, 2.05) is 13.8 Å². The third-order valence-corrected chi connectivity index (χ3v) is 3.46. The second-order valence-electron chi connectivity index (χ2n) is 5.01. The Morgan fingerprint density at radius 3 is 2.82 bits per heavy atom. The minimum atomic E-state index is 0.0517. The molecule has 0 radical (unpaired) electrons. The molecule has 0 aliphatic heterocycles. The van der Waals surface area contributed by atoms with E-state index >= 15 is 0 Å². The molecule has 1 aromatic heterocycles. The fraction of sp³-hybridized carbons (Fsp3) is 0.692. The lowest BCUT2D eigenvalue weighted by molar-refractivity contribution is 0.466. The first-order valence-corrected chi connectivity index (χ1v) is 6.36. The van der Waals surface area contributed by atoms with Gasteiger partial charge >= 0.3 is 0 Å². The Kier molecular flexibility index (Phi) is 3.62. The van der Waals surface area contributed by atoms with Crippen molar-refractivity contribution in [3.05, 3.63) is 27.9 Å². The number of hydrogen-bond donors (Lipinski definition) is 1. The van der Waals surface area contributed by atoms with E-state index in [0.29, 0.717) is 12.6 Å². The summed E-state index contributed by atoms with van der Waals surface area (Å²) >= 11 is 0. The first-order valence-electron chi connectivity index (χ1n) is 6.36. The molecule has 0 saturated heterocycles. The van der Waals surface area contributed by atoms with Gasteiger partial charge in [0.25, 0.3) is 5.56 Å². The van der Waals surface area contributed by atoms with Crippen molar-refractivity contribution in [1.82, 2.24) is 14.9 Å². The summed E-state index contributed by atoms with van der Waals surface area (Å²) in [5, 5.41) is 3.47. The third kappa shape index (κ3) is 3.16. The molecular formula is C13H21N3O. The van der Waals surface area contributed by atoms with E-state index in [0.717, 1.165) is 24.0 Å². The number of aromatic nitrogens is 2. The lowest BCUT2D eigenvalue weighted by Crippen LogP contribution is -2.34. The van der Waals surface area contributed by atoms with Gasteiger partial charge in [-0.15, -0.1) is 0 Å². The van der Waals surface area contributed by atoms with Crippen molar-refractivity contribution in [3.8, 4) is 0 Å². The normalized spacial score (nSPS) is 17.1. The van der Waals surface area contributed by atoms with Gasteiger partial charge in [0.2, 0.25) is 0 Å². The molecular weight excluding hydrogens is 214 g/mol. The first kappa shape index (κ1) is 12.3. The maximum atomic E-state index is 11.8. The van der Waals surface area contributed by atoms with Crippen molar-refractivity contribution in [2.45, 2.75) is 46.2 Å². The SMILES string of the molecule is Cc1cc(=O)n(CCNC(C)C2CC2)c(C)n1. The van der Waals surface area contributed by atoms with Gasteiger partial charge in [-0.05, 0) is 39.5 Å². The molecule has 4 heteroatoms. The maximum absolute atomic E-state index is 11.8. The van der Waals surface area contributed by atoms with Crippen LogP contribution in [0, 0.1) is 19.8 Å². The van der Waals surface area contributed by atoms with Gasteiger partial charge in [-0.25, -0.2) is 4.98 Å². The van der Waals surface area contributed by atoms with Crippen LogP contribution in [0.5, 0.6) is 0 Å². The lowest BCUT2D eigenvalue weighted by Gasteiger charge is -2.14. The molecule has 0 aromatic carbocycles. The van der Waals surface area contributed by atoms with Crippen molar-refractivity contribution in [1.29, 1.82) is 0 Å². The zero-order valence-corrected chi connectivity index (χ0v) is 10.9. The average molecular weight is 235 g/mol. The van der Waals surface area contributed by atoms with Crippen LogP contribution in [0.2, 0.25) is 0 Å². The molecule has 0 spiro atoms. The Balaban J connectivity index is 1.92. The molecule has 1 aliphatic rings. The summed E-state index contributed by atoms with van der Waals surface area (Å²) in [4.78, 5) is 16.1. The number of nitrogens with one attached hydrogen (secondary N) is 1. The average Bonchev–Trinajstić information content (AvgIpc) is 3.04. The third-order valence-electron chi connectivity index (χ3n) is 3.46. The minimum Gasteiger partial charge on any atom is -0.312 e. The summed E-state index contributed by atoms with van der Waals surface area (Å²) in [5.41, 5.74) is 0.846. The van der Waals surface area contributed by atoms with Crippen LogP contribution in [0.3, 0.4) is 0 Å². The van der Waals surface area contributed by atoms with Gasteiger partial charge in [-0.1, -0.05) is 0 Å². The summed E-state index contributed by atoms with van der Waals surface area (Å²) in [6.45, 7) is 7.50. The predicted molar refractivity (Wildman–Crippen MR) is 68.2 cm³/mol. The van der Waals surface area contributed by atoms with E-state index < -0.39 is 0 Å². The highest BCUT2D eigenvalue weighted by Crippen LogP contribution is 2.32. The molecule has 94 valence electrons. The van der Waals surface area contributed by atoms with Crippen LogP contribution in [0.4, 0.5) is 0 Å². The maximum Gasteiger partial charge on any atom is 0.253 e. The molecule has 1 aliphatic carbocycles. The van der Waals surface area contributed by atoms with Crippen molar-refractivity contribution in [2.75, 3.05) is 6.54 Å². The molecule has 0 bridgehead atoms. The number of nitrogens with zero attached hydrogens (tertiary/aromatic N) is 2. The lowest BCUT2D eigenvalue weighted by atomic mass is 10.2. The second kappa shape index (κ2) is 5.00. The largest absolute Gasteiger partial charge is 0.312 e. The van der Waals surface area contributed by atoms with Crippen LogP contribution in [0.25, 0.3) is 0 Å². The van der Waals surface area contributed by atoms with E-state index in [2.05, 4.69) is 17.2 Å². The summed E-state index contributed by atoms with van der Waals surface area (Å²) in [7, 11) is 0. The summed E-state index contributed by atoms with van der Waals surface area (Å²) in [6.07, 6.45) is 2.69. The van der Waals surface area contributed by atoms with Crippen molar-refractivity contribution in [2.24, 2.45) is 5.92 Å². The van der Waals surface area contributed by atoms with E-state index in [1.54, 1.807) is 10.6 Å². The zero-order valence-electron chi connectivity index (χ0n) is 10.9. The molecule has 1 fully saturated rings. The van der Waals surface area contributed by atoms with Crippen LogP contribution >= 0.6 is 0 Å². The van der Waals surface area contributed by atoms with E-state index in [1.165, 1.54) is 12.8 Å². The molecule has 17 heavy (non-hydrogen) atoms. The summed E-state index contributed by atoms with van der Waals surface area (Å²) in [6, 6.07) is 2.17. The highest BCUT2D eigenvalue weighted by molar-refractivity contribution is 5.01. The molecule has 1 N–H and O–H groups in total. The highest BCUT2D eigenvalue weighted by atomic mass is 16.1. The summed E-state index contributed by atoms with van der Waals surface area (Å²) in [5.74, 6) is 1.65. The summed E-state index contributed by atoms with van der Waals surface area (Å²) < 4.78 is 1.74. The van der Waals surface area contributed by atoms with Gasteiger partial charge in [0.05, 0.1) is 0 Å². The van der Waals surface area contributed by atoms with E-state index in [9.17, 15) is 4.79 Å². The molecule has 1 saturated carbocycles. The first-order chi connectivity index (χ1) is 8.08. The molecule has 0 amide bonds. The second-order valence-corrected chi connectivity index (χ2v) is 5.01. The molecule has 1 aromatic rings. The molecule has 1 atom stereocenters. The standard InChI is InChI=1S/C13H21N3O/c1-9-8-13(17)16(11(3)15-9)7-6-14-10(2)12-4-5-12/h8,10,12,14H,4-7H2,1-3H3. The van der Waals surface area contributed by atoms with Crippen LogP contribution in [0.1, 0.15) is 31.3 Å².